The van der Waals surface area contributed by atoms with Gasteiger partial charge in [0.25, 0.3) is 21.4 Å². The molecule has 148 valence electrons. The van der Waals surface area contributed by atoms with E-state index in [0.29, 0.717) is 0 Å². The van der Waals surface area contributed by atoms with Crippen LogP contribution in [0.4, 0.5) is 11.4 Å². The zero-order valence-electron chi connectivity index (χ0n) is 14.6. The van der Waals surface area contributed by atoms with Crippen molar-refractivity contribution < 1.29 is 27.7 Å². The first-order valence-corrected chi connectivity index (χ1v) is 8.87. The number of hydrogen-bond donors (Lipinski definition) is 1. The molecule has 0 aromatic heterocycles. The van der Waals surface area contributed by atoms with E-state index in [1.807, 2.05) is 4.83 Å². The van der Waals surface area contributed by atoms with Gasteiger partial charge in [0.1, 0.15) is 0 Å². The average Bonchev–Trinajstić information content (AvgIpc) is 2.67. The van der Waals surface area contributed by atoms with Gasteiger partial charge in [-0.15, -0.1) is 0 Å². The maximum absolute atomic E-state index is 12.2. The number of nitrogens with zero attached hydrogens (tertiary/aromatic N) is 3. The molecule has 0 bridgehead atoms. The number of nitro benzene ring substituents is 2. The minimum Gasteiger partial charge on any atom is -0.493 e. The summed E-state index contributed by atoms with van der Waals surface area (Å²) < 4.78 is 34.4. The fourth-order valence-corrected chi connectivity index (χ4v) is 2.90. The summed E-state index contributed by atoms with van der Waals surface area (Å²) in [5.74, 6) is 0.311. The Balaban J connectivity index is 2.30. The zero-order chi connectivity index (χ0) is 20.9. The summed E-state index contributed by atoms with van der Waals surface area (Å²) in [6.07, 6.45) is 0.934. The van der Waals surface area contributed by atoms with Crippen molar-refractivity contribution >= 4 is 27.6 Å². The van der Waals surface area contributed by atoms with E-state index in [4.69, 9.17) is 9.47 Å². The number of ether oxygens (including phenoxy) is 2. The minimum absolute atomic E-state index is 0.0333. The van der Waals surface area contributed by atoms with Gasteiger partial charge in [0.15, 0.2) is 11.5 Å². The molecule has 0 aliphatic rings. The Kier molecular flexibility index (Phi) is 6.10. The molecule has 0 radical (unpaired) electrons. The summed E-state index contributed by atoms with van der Waals surface area (Å²) in [7, 11) is -1.48. The normalized spacial score (nSPS) is 11.2. The first-order chi connectivity index (χ1) is 13.2. The number of hydrogen-bond acceptors (Lipinski definition) is 9. The van der Waals surface area contributed by atoms with E-state index in [9.17, 15) is 28.6 Å². The molecule has 13 heteroatoms. The molecule has 1 N–H and O–H groups in total. The van der Waals surface area contributed by atoms with E-state index in [0.717, 1.165) is 36.5 Å². The topological polar surface area (TPSA) is 163 Å². The molecule has 0 unspecified atom stereocenters. The van der Waals surface area contributed by atoms with E-state index >= 15 is 0 Å². The smallest absolute Gasteiger partial charge is 0.282 e. The summed E-state index contributed by atoms with van der Waals surface area (Å²) in [6, 6.07) is 6.50. The van der Waals surface area contributed by atoms with Crippen LogP contribution in [0.1, 0.15) is 5.56 Å². The van der Waals surface area contributed by atoms with Crippen LogP contribution in [0, 0.1) is 20.2 Å². The fraction of sp³-hybridized carbons (Fsp3) is 0.133. The standard InChI is InChI=1S/C15H14N4O8S/c1-26-14-7-10(13(19(22)23)8-15(14)27-2)9-16-17-28(24,25)12-5-3-11(4-6-12)18(20)21/h3-9,17H,1-2H3. The summed E-state index contributed by atoms with van der Waals surface area (Å²) in [5.41, 5.74) is -0.687. The third kappa shape index (κ3) is 4.50. The second kappa shape index (κ2) is 8.30. The molecule has 0 amide bonds. The fourth-order valence-electron chi connectivity index (χ4n) is 2.11. The number of hydrazone groups is 1. The summed E-state index contributed by atoms with van der Waals surface area (Å²) in [4.78, 5) is 22.1. The van der Waals surface area contributed by atoms with Gasteiger partial charge in [-0.3, -0.25) is 20.2 Å². The van der Waals surface area contributed by atoms with Gasteiger partial charge in [-0.1, -0.05) is 0 Å². The van der Waals surface area contributed by atoms with Crippen LogP contribution >= 0.6 is 0 Å². The third-order valence-corrected chi connectivity index (χ3v) is 4.70. The van der Waals surface area contributed by atoms with Crippen LogP contribution in [0.25, 0.3) is 0 Å². The lowest BCUT2D eigenvalue weighted by Crippen LogP contribution is -2.18. The van der Waals surface area contributed by atoms with Gasteiger partial charge in [0.05, 0.1) is 46.8 Å². The Morgan fingerprint density at radius 2 is 1.57 bits per heavy atom. The molecule has 0 atom stereocenters. The Bertz CT molecular complexity index is 1030. The van der Waals surface area contributed by atoms with E-state index in [2.05, 4.69) is 5.10 Å². The maximum Gasteiger partial charge on any atom is 0.282 e. The van der Waals surface area contributed by atoms with Gasteiger partial charge in [0.2, 0.25) is 0 Å². The van der Waals surface area contributed by atoms with Gasteiger partial charge in [-0.2, -0.15) is 13.5 Å². The number of methoxy groups -OCH3 is 2. The molecule has 28 heavy (non-hydrogen) atoms. The molecule has 0 aliphatic heterocycles. The van der Waals surface area contributed by atoms with E-state index in [1.165, 1.54) is 20.3 Å². The van der Waals surface area contributed by atoms with Crippen LogP contribution in [0.3, 0.4) is 0 Å². The van der Waals surface area contributed by atoms with Crippen molar-refractivity contribution in [3.8, 4) is 11.5 Å². The Labute approximate surface area is 158 Å². The second-order valence-electron chi connectivity index (χ2n) is 5.13. The number of non-ortho nitro benzene ring substituents is 1. The quantitative estimate of drug-likeness (QED) is 0.391. The molecule has 2 rings (SSSR count). The number of nitro groups is 2. The van der Waals surface area contributed by atoms with Gasteiger partial charge >= 0.3 is 0 Å². The third-order valence-electron chi connectivity index (χ3n) is 3.46. The number of benzene rings is 2. The van der Waals surface area contributed by atoms with E-state index < -0.39 is 19.9 Å². The van der Waals surface area contributed by atoms with E-state index in [-0.39, 0.29) is 33.3 Å². The molecule has 0 fully saturated rings. The molecule has 0 saturated carbocycles. The van der Waals surface area contributed by atoms with Crippen LogP contribution < -0.4 is 14.3 Å². The Hall–Kier alpha value is -3.74. The molecule has 0 saturated heterocycles. The average molecular weight is 410 g/mol. The highest BCUT2D eigenvalue weighted by Crippen LogP contribution is 2.33. The van der Waals surface area contributed by atoms with Crippen molar-refractivity contribution in [2.24, 2.45) is 5.10 Å². The Morgan fingerprint density at radius 3 is 2.07 bits per heavy atom. The summed E-state index contributed by atoms with van der Waals surface area (Å²) in [5, 5.41) is 25.4. The number of rotatable bonds is 8. The molecule has 2 aromatic carbocycles. The van der Waals surface area contributed by atoms with E-state index in [1.54, 1.807) is 0 Å². The van der Waals surface area contributed by atoms with Crippen LogP contribution in [-0.2, 0) is 10.0 Å². The van der Waals surface area contributed by atoms with Crippen LogP contribution in [0.5, 0.6) is 11.5 Å². The summed E-state index contributed by atoms with van der Waals surface area (Å²) in [6.45, 7) is 0. The highest BCUT2D eigenvalue weighted by molar-refractivity contribution is 7.89. The molecule has 12 nitrogen and oxygen atoms in total. The predicted octanol–water partition coefficient (Wildman–Crippen LogP) is 1.83. The summed E-state index contributed by atoms with van der Waals surface area (Å²) >= 11 is 0. The van der Waals surface area contributed by atoms with Crippen molar-refractivity contribution in [1.82, 2.24) is 4.83 Å². The minimum atomic E-state index is -4.13. The lowest BCUT2D eigenvalue weighted by Gasteiger charge is -2.08. The lowest BCUT2D eigenvalue weighted by molar-refractivity contribution is -0.385. The van der Waals surface area contributed by atoms with Crippen LogP contribution in [0.2, 0.25) is 0 Å². The van der Waals surface area contributed by atoms with Gasteiger partial charge in [-0.05, 0) is 18.2 Å². The second-order valence-corrected chi connectivity index (χ2v) is 6.79. The van der Waals surface area contributed by atoms with Crippen LogP contribution in [0.15, 0.2) is 46.4 Å². The first-order valence-electron chi connectivity index (χ1n) is 7.39. The largest absolute Gasteiger partial charge is 0.493 e. The monoisotopic (exact) mass is 410 g/mol. The van der Waals surface area contributed by atoms with Crippen LogP contribution in [-0.4, -0.2) is 38.7 Å². The Morgan fingerprint density at radius 1 is 1.00 bits per heavy atom. The molecule has 0 aliphatic carbocycles. The number of sulfonamides is 1. The molecular formula is C15H14N4O8S. The van der Waals surface area contributed by atoms with Crippen molar-refractivity contribution in [1.29, 1.82) is 0 Å². The molecule has 0 heterocycles. The van der Waals surface area contributed by atoms with Crippen molar-refractivity contribution in [3.63, 3.8) is 0 Å². The van der Waals surface area contributed by atoms with Crippen molar-refractivity contribution in [3.05, 3.63) is 62.2 Å². The van der Waals surface area contributed by atoms with Crippen molar-refractivity contribution in [2.45, 2.75) is 4.90 Å². The molecular weight excluding hydrogens is 396 g/mol. The molecule has 2 aromatic rings. The van der Waals surface area contributed by atoms with Gasteiger partial charge in [0, 0.05) is 12.1 Å². The highest BCUT2D eigenvalue weighted by atomic mass is 32.2. The first kappa shape index (κ1) is 20.6. The zero-order valence-corrected chi connectivity index (χ0v) is 15.4. The predicted molar refractivity (Wildman–Crippen MR) is 97.2 cm³/mol. The van der Waals surface area contributed by atoms with Gasteiger partial charge < -0.3 is 9.47 Å². The van der Waals surface area contributed by atoms with Crippen molar-refractivity contribution in [2.75, 3.05) is 14.2 Å². The highest BCUT2D eigenvalue weighted by Gasteiger charge is 2.19. The molecule has 0 spiro atoms. The number of nitrogens with one attached hydrogen (secondary N) is 1. The lowest BCUT2D eigenvalue weighted by atomic mass is 10.1. The van der Waals surface area contributed by atoms with Gasteiger partial charge in [-0.25, -0.2) is 4.83 Å². The maximum atomic E-state index is 12.2. The SMILES string of the molecule is COc1cc(C=NNS(=O)(=O)c2ccc([N+](=O)[O-])cc2)c([N+](=O)[O-])cc1OC.